The van der Waals surface area contributed by atoms with E-state index in [1.807, 2.05) is 0 Å². The minimum atomic E-state index is -1.17. The molecule has 1 saturated carbocycles. The molecule has 154 valence electrons. The van der Waals surface area contributed by atoms with E-state index in [1.165, 1.54) is 6.07 Å². The monoisotopic (exact) mass is 426 g/mol. The first-order chi connectivity index (χ1) is 13.8. The number of halogens is 3. The molecular formula is C18H17ClF2N4O4. The fraction of sp³-hybridized carbons (Fsp3) is 0.333. The van der Waals surface area contributed by atoms with Gasteiger partial charge in [-0.3, -0.25) is 0 Å². The highest BCUT2D eigenvalue weighted by atomic mass is 35.5. The molecule has 29 heavy (non-hydrogen) atoms. The van der Waals surface area contributed by atoms with E-state index in [-0.39, 0.29) is 46.9 Å². The molecule has 1 aromatic carbocycles. The first kappa shape index (κ1) is 19.8. The fourth-order valence-electron chi connectivity index (χ4n) is 3.55. The van der Waals surface area contributed by atoms with Gasteiger partial charge in [0.1, 0.15) is 28.4 Å². The third-order valence-electron chi connectivity index (χ3n) is 5.05. The Balaban J connectivity index is 1.77. The van der Waals surface area contributed by atoms with Crippen LogP contribution in [0.2, 0.25) is 5.15 Å². The third kappa shape index (κ3) is 3.48. The number of benzene rings is 1. The molecule has 1 aliphatic carbocycles. The van der Waals surface area contributed by atoms with Gasteiger partial charge in [0.15, 0.2) is 11.6 Å². The smallest absolute Gasteiger partial charge is 0.223 e. The molecule has 4 rings (SSSR count). The first-order valence-electron chi connectivity index (χ1n) is 8.74. The van der Waals surface area contributed by atoms with Crippen molar-refractivity contribution in [3.8, 4) is 11.3 Å². The molecule has 1 fully saturated rings. The number of rotatable bonds is 4. The Morgan fingerprint density at radius 1 is 1.17 bits per heavy atom. The van der Waals surface area contributed by atoms with Crippen LogP contribution in [-0.4, -0.2) is 50.1 Å². The zero-order valence-electron chi connectivity index (χ0n) is 14.8. The Bertz CT molecular complexity index is 1040. The molecule has 4 atom stereocenters. The molecule has 2 heterocycles. The maximum atomic E-state index is 13.5. The number of nitrogen functional groups attached to an aromatic ring is 1. The Kier molecular flexibility index (Phi) is 5.03. The lowest BCUT2D eigenvalue weighted by Gasteiger charge is -2.20. The average molecular weight is 427 g/mol. The largest absolute Gasteiger partial charge is 0.456 e. The number of nitrogens with one attached hydrogen (secondary N) is 1. The minimum Gasteiger partial charge on any atom is -0.456 e. The highest BCUT2D eigenvalue weighted by molar-refractivity contribution is 6.32. The maximum absolute atomic E-state index is 13.5. The van der Waals surface area contributed by atoms with Crippen molar-refractivity contribution in [2.45, 2.75) is 24.7 Å². The zero-order chi connectivity index (χ0) is 20.9. The number of hydrogen-bond donors (Lipinski definition) is 5. The minimum absolute atomic E-state index is 0.0771. The summed E-state index contributed by atoms with van der Waals surface area (Å²) in [7, 11) is 0. The molecule has 0 amide bonds. The summed E-state index contributed by atoms with van der Waals surface area (Å²) in [6.45, 7) is -0.295. The van der Waals surface area contributed by atoms with Gasteiger partial charge in [-0.05, 0) is 18.6 Å². The van der Waals surface area contributed by atoms with Crippen LogP contribution < -0.4 is 11.1 Å². The van der Waals surface area contributed by atoms with Crippen molar-refractivity contribution in [2.24, 2.45) is 5.92 Å². The molecule has 0 radical (unpaired) electrons. The zero-order valence-corrected chi connectivity index (χ0v) is 15.6. The number of nitrogens with two attached hydrogens (primary N) is 1. The molecule has 0 aliphatic heterocycles. The van der Waals surface area contributed by atoms with E-state index in [0.717, 1.165) is 12.1 Å². The molecule has 0 bridgehead atoms. The predicted molar refractivity (Wildman–Crippen MR) is 101 cm³/mol. The lowest BCUT2D eigenvalue weighted by Crippen LogP contribution is -2.35. The predicted octanol–water partition coefficient (Wildman–Crippen LogP) is 1.92. The summed E-state index contributed by atoms with van der Waals surface area (Å²) in [6.07, 6.45) is -2.03. The van der Waals surface area contributed by atoms with Crippen molar-refractivity contribution in [1.82, 2.24) is 9.97 Å². The average Bonchev–Trinajstić information content (AvgIpc) is 3.17. The number of aliphatic hydroxyl groups excluding tert-OH is 3. The van der Waals surface area contributed by atoms with Crippen molar-refractivity contribution in [3.63, 3.8) is 0 Å². The Labute approximate surface area is 167 Å². The van der Waals surface area contributed by atoms with E-state index in [0.29, 0.717) is 5.39 Å². The van der Waals surface area contributed by atoms with Gasteiger partial charge >= 0.3 is 0 Å². The molecule has 2 aromatic heterocycles. The van der Waals surface area contributed by atoms with E-state index in [9.17, 15) is 24.1 Å². The van der Waals surface area contributed by atoms with Gasteiger partial charge in [0.05, 0.1) is 17.7 Å². The molecule has 6 N–H and O–H groups in total. The summed E-state index contributed by atoms with van der Waals surface area (Å²) >= 11 is 6.23. The van der Waals surface area contributed by atoms with Gasteiger partial charge in [-0.2, -0.15) is 4.98 Å². The molecule has 0 unspecified atom stereocenters. The summed E-state index contributed by atoms with van der Waals surface area (Å²) in [6, 6.07) is 2.68. The van der Waals surface area contributed by atoms with Crippen LogP contribution >= 0.6 is 11.6 Å². The highest BCUT2D eigenvalue weighted by Crippen LogP contribution is 2.39. The van der Waals surface area contributed by atoms with E-state index < -0.39 is 35.8 Å². The number of fused-ring (bicyclic) bond motifs is 1. The lowest BCUT2D eigenvalue weighted by atomic mass is 10.1. The van der Waals surface area contributed by atoms with Crippen LogP contribution in [0.25, 0.3) is 22.3 Å². The van der Waals surface area contributed by atoms with Crippen LogP contribution in [-0.2, 0) is 0 Å². The Morgan fingerprint density at radius 3 is 2.59 bits per heavy atom. The number of aromatic nitrogens is 2. The quantitative estimate of drug-likeness (QED) is 0.399. The molecule has 1 aliphatic rings. The van der Waals surface area contributed by atoms with Crippen LogP contribution in [0.5, 0.6) is 0 Å². The lowest BCUT2D eigenvalue weighted by molar-refractivity contribution is 0.00446. The molecule has 3 aromatic rings. The summed E-state index contributed by atoms with van der Waals surface area (Å²) in [5.74, 6) is -2.52. The van der Waals surface area contributed by atoms with Crippen LogP contribution in [0.3, 0.4) is 0 Å². The number of furan rings is 1. The van der Waals surface area contributed by atoms with Gasteiger partial charge in [0.2, 0.25) is 5.95 Å². The fourth-order valence-corrected chi connectivity index (χ4v) is 3.82. The van der Waals surface area contributed by atoms with E-state index in [4.69, 9.17) is 21.8 Å². The van der Waals surface area contributed by atoms with Gasteiger partial charge in [-0.25, -0.2) is 13.8 Å². The standard InChI is InChI=1S/C18H17ClF2N4O4/c19-16-13(12-3-6-1-8(20)9(21)4-11(6)29-12)17(25-18(22)24-16)23-10-2-7(5-26)14(27)15(10)28/h1,3-4,7,10,14-15,26-28H,2,5H2,(H3,22,23,24,25)/t7-,10-,14-,15+/m1/s1. The molecular weight excluding hydrogens is 410 g/mol. The van der Waals surface area contributed by atoms with Gasteiger partial charge in [0, 0.05) is 24.0 Å². The number of aliphatic hydroxyl groups is 3. The second-order valence-electron chi connectivity index (χ2n) is 6.92. The van der Waals surface area contributed by atoms with E-state index in [2.05, 4.69) is 15.3 Å². The number of anilines is 2. The van der Waals surface area contributed by atoms with Gasteiger partial charge in [-0.1, -0.05) is 11.6 Å². The van der Waals surface area contributed by atoms with Gasteiger partial charge in [0.25, 0.3) is 0 Å². The topological polar surface area (TPSA) is 138 Å². The SMILES string of the molecule is Nc1nc(Cl)c(-c2cc3cc(F)c(F)cc3o2)c(N[C@@H]2C[C@H](CO)[C@@H](O)[C@H]2O)n1. The second-order valence-corrected chi connectivity index (χ2v) is 7.28. The van der Waals surface area contributed by atoms with E-state index in [1.54, 1.807) is 0 Å². The molecule has 0 saturated heterocycles. The van der Waals surface area contributed by atoms with Crippen molar-refractivity contribution >= 4 is 34.3 Å². The Morgan fingerprint density at radius 2 is 1.90 bits per heavy atom. The van der Waals surface area contributed by atoms with Crippen molar-refractivity contribution in [1.29, 1.82) is 0 Å². The summed E-state index contributed by atoms with van der Waals surface area (Å²) < 4.78 is 32.6. The molecule has 11 heteroatoms. The highest BCUT2D eigenvalue weighted by Gasteiger charge is 2.41. The number of hydrogen-bond acceptors (Lipinski definition) is 8. The van der Waals surface area contributed by atoms with Crippen LogP contribution in [0.1, 0.15) is 6.42 Å². The van der Waals surface area contributed by atoms with Crippen LogP contribution in [0.4, 0.5) is 20.5 Å². The number of nitrogens with zero attached hydrogens (tertiary/aromatic N) is 2. The summed E-state index contributed by atoms with van der Waals surface area (Å²) in [5.41, 5.74) is 5.95. The Hall–Kier alpha value is -2.53. The summed E-state index contributed by atoms with van der Waals surface area (Å²) in [4.78, 5) is 7.98. The third-order valence-corrected chi connectivity index (χ3v) is 5.32. The van der Waals surface area contributed by atoms with Gasteiger partial charge in [-0.15, -0.1) is 0 Å². The van der Waals surface area contributed by atoms with Crippen molar-refractivity contribution in [2.75, 3.05) is 17.7 Å². The van der Waals surface area contributed by atoms with Crippen LogP contribution in [0, 0.1) is 17.6 Å². The van der Waals surface area contributed by atoms with Gasteiger partial charge < -0.3 is 30.8 Å². The van der Waals surface area contributed by atoms with Crippen molar-refractivity contribution in [3.05, 3.63) is 35.0 Å². The van der Waals surface area contributed by atoms with Crippen LogP contribution in [0.15, 0.2) is 22.6 Å². The second kappa shape index (κ2) is 7.38. The maximum Gasteiger partial charge on any atom is 0.223 e. The van der Waals surface area contributed by atoms with Crippen molar-refractivity contribution < 1.29 is 28.5 Å². The van der Waals surface area contributed by atoms with E-state index >= 15 is 0 Å². The molecule has 8 nitrogen and oxygen atoms in total. The normalized spacial score (nSPS) is 24.3. The summed E-state index contributed by atoms with van der Waals surface area (Å²) in [5, 5.41) is 32.8. The first-order valence-corrected chi connectivity index (χ1v) is 9.11. The molecule has 0 spiro atoms.